The lowest BCUT2D eigenvalue weighted by Crippen LogP contribution is -2.56. The van der Waals surface area contributed by atoms with E-state index in [1.54, 1.807) is 0 Å². The lowest BCUT2D eigenvalue weighted by Gasteiger charge is -2.44. The van der Waals surface area contributed by atoms with E-state index in [1.165, 1.54) is 0 Å². The minimum atomic E-state index is -4.88. The molecular weight excluding hydrogens is 497 g/mol. The summed E-state index contributed by atoms with van der Waals surface area (Å²) in [5.41, 5.74) is 1.54. The first kappa shape index (κ1) is 24.4. The smallest absolute Gasteiger partial charge is 0.453 e. The number of halogens is 3. The average molecular weight is 521 g/mol. The number of aliphatic hydroxyl groups is 1. The van der Waals surface area contributed by atoms with Crippen LogP contribution in [0.1, 0.15) is 19.3 Å². The van der Waals surface area contributed by atoms with Crippen molar-refractivity contribution >= 4 is 21.4 Å². The summed E-state index contributed by atoms with van der Waals surface area (Å²) in [6.07, 6.45) is -4.28. The number of nitrogens with zero attached hydrogens (tertiary/aromatic N) is 1. The molecule has 11 heteroatoms. The Balaban J connectivity index is 1.39. The lowest BCUT2D eigenvalue weighted by atomic mass is 9.86. The highest BCUT2D eigenvalue weighted by Crippen LogP contribution is 2.49. The van der Waals surface area contributed by atoms with E-state index in [9.17, 15) is 26.7 Å². The molecule has 0 amide bonds. The van der Waals surface area contributed by atoms with E-state index in [0.29, 0.717) is 30.8 Å². The predicted molar refractivity (Wildman–Crippen MR) is 126 cm³/mol. The molecule has 1 saturated carbocycles. The molecule has 0 saturated heterocycles. The molecule has 0 spiro atoms. The number of benzene rings is 3. The maximum absolute atomic E-state index is 13.0. The van der Waals surface area contributed by atoms with Gasteiger partial charge in [-0.25, -0.2) is 13.1 Å². The number of hydrogen-bond acceptors (Lipinski definition) is 6. The van der Waals surface area contributed by atoms with Crippen LogP contribution in [0.2, 0.25) is 0 Å². The summed E-state index contributed by atoms with van der Waals surface area (Å²) in [6.45, 7) is 0. The summed E-state index contributed by atoms with van der Waals surface area (Å²) in [7, 11) is -4.12. The minimum Gasteiger partial charge on any atom is -0.453 e. The van der Waals surface area contributed by atoms with E-state index in [-0.39, 0.29) is 4.90 Å². The Labute approximate surface area is 206 Å². The second-order valence-corrected chi connectivity index (χ2v) is 10.4. The van der Waals surface area contributed by atoms with Crippen molar-refractivity contribution in [2.24, 2.45) is 0 Å². The third kappa shape index (κ3) is 4.86. The van der Waals surface area contributed by atoms with Crippen molar-refractivity contribution in [1.29, 1.82) is 0 Å². The van der Waals surface area contributed by atoms with Crippen molar-refractivity contribution < 1.29 is 36.2 Å². The molecule has 5 rings (SSSR count). The summed E-state index contributed by atoms with van der Waals surface area (Å²) in [6, 6.07) is 17.6. The van der Waals surface area contributed by atoms with Crippen LogP contribution in [0.4, 0.5) is 24.5 Å². The van der Waals surface area contributed by atoms with Gasteiger partial charge in [-0.3, -0.25) is 0 Å². The summed E-state index contributed by atoms with van der Waals surface area (Å²) in [4.78, 5) is 1.76. The van der Waals surface area contributed by atoms with E-state index < -0.39 is 40.3 Å². The first-order chi connectivity index (χ1) is 17.1. The molecule has 0 bridgehead atoms. The molecule has 3 aromatic rings. The summed E-state index contributed by atoms with van der Waals surface area (Å²) in [5.74, 6) is 0.739. The van der Waals surface area contributed by atoms with Gasteiger partial charge in [0.1, 0.15) is 5.75 Å². The van der Waals surface area contributed by atoms with Crippen LogP contribution < -0.4 is 19.1 Å². The van der Waals surface area contributed by atoms with Gasteiger partial charge in [0.05, 0.1) is 34.5 Å². The molecule has 1 aliphatic carbocycles. The number of rotatable bonds is 5. The molecule has 7 nitrogen and oxygen atoms in total. The first-order valence-corrected chi connectivity index (χ1v) is 12.8. The third-order valence-corrected chi connectivity index (χ3v) is 7.80. The van der Waals surface area contributed by atoms with E-state index >= 15 is 0 Å². The van der Waals surface area contributed by atoms with Crippen LogP contribution in [-0.2, 0) is 10.0 Å². The molecule has 190 valence electrons. The fraction of sp³-hybridized carbons (Fsp3) is 0.280. The maximum atomic E-state index is 13.0. The van der Waals surface area contributed by atoms with Gasteiger partial charge in [0, 0.05) is 0 Å². The Kier molecular flexibility index (Phi) is 6.31. The molecule has 1 aliphatic heterocycles. The Morgan fingerprint density at radius 3 is 2.08 bits per heavy atom. The second kappa shape index (κ2) is 9.30. The van der Waals surface area contributed by atoms with Crippen LogP contribution in [0.15, 0.2) is 77.7 Å². The molecule has 36 heavy (non-hydrogen) atoms. The Bertz CT molecular complexity index is 1300. The quantitative estimate of drug-likeness (QED) is 0.487. The second-order valence-electron chi connectivity index (χ2n) is 8.64. The van der Waals surface area contributed by atoms with Gasteiger partial charge in [-0.1, -0.05) is 24.3 Å². The van der Waals surface area contributed by atoms with Gasteiger partial charge in [0.15, 0.2) is 11.5 Å². The highest BCUT2D eigenvalue weighted by molar-refractivity contribution is 7.89. The van der Waals surface area contributed by atoms with Crippen LogP contribution in [-0.4, -0.2) is 38.1 Å². The van der Waals surface area contributed by atoms with E-state index in [2.05, 4.69) is 9.46 Å². The molecule has 2 aliphatic rings. The number of alkyl halides is 3. The number of nitrogens with one attached hydrogen (secondary N) is 1. The zero-order valence-corrected chi connectivity index (χ0v) is 19.7. The molecule has 3 atom stereocenters. The van der Waals surface area contributed by atoms with Crippen LogP contribution in [0, 0.1) is 0 Å². The van der Waals surface area contributed by atoms with Crippen molar-refractivity contribution in [1.82, 2.24) is 4.72 Å². The molecule has 1 heterocycles. The summed E-state index contributed by atoms with van der Waals surface area (Å²) < 4.78 is 75.6. The number of anilines is 2. The highest BCUT2D eigenvalue weighted by atomic mass is 32.2. The number of fused-ring (bicyclic) bond motifs is 2. The SMILES string of the molecule is O=S(=O)(N[C@H]1CCC[C@H](N2c3ccccc3Oc3ccccc32)[C@@H]1O)c1ccc(OC(F)(F)F)cc1. The van der Waals surface area contributed by atoms with E-state index in [1.807, 2.05) is 53.4 Å². The lowest BCUT2D eigenvalue weighted by molar-refractivity contribution is -0.274. The normalized spacial score (nSPS) is 21.8. The Morgan fingerprint density at radius 1 is 0.917 bits per heavy atom. The predicted octanol–water partition coefficient (Wildman–Crippen LogP) is 5.09. The average Bonchev–Trinajstić information content (AvgIpc) is 2.83. The number of ether oxygens (including phenoxy) is 2. The molecule has 0 unspecified atom stereocenters. The molecule has 1 fully saturated rings. The van der Waals surface area contributed by atoms with E-state index in [0.717, 1.165) is 35.6 Å². The fourth-order valence-corrected chi connectivity index (χ4v) is 6.03. The molecule has 2 N–H and O–H groups in total. The molecule has 0 aromatic heterocycles. The monoisotopic (exact) mass is 520 g/mol. The van der Waals surface area contributed by atoms with E-state index in [4.69, 9.17) is 4.74 Å². The van der Waals surface area contributed by atoms with Crippen molar-refractivity contribution in [3.05, 3.63) is 72.8 Å². The van der Waals surface area contributed by atoms with Gasteiger partial charge in [-0.2, -0.15) is 0 Å². The van der Waals surface area contributed by atoms with Crippen LogP contribution in [0.3, 0.4) is 0 Å². The summed E-state index contributed by atoms with van der Waals surface area (Å²) >= 11 is 0. The summed E-state index contributed by atoms with van der Waals surface area (Å²) in [5, 5.41) is 11.4. The zero-order valence-electron chi connectivity index (χ0n) is 18.9. The number of para-hydroxylation sites is 4. The van der Waals surface area contributed by atoms with Gasteiger partial charge in [0.2, 0.25) is 10.0 Å². The molecule has 3 aromatic carbocycles. The minimum absolute atomic E-state index is 0.228. The van der Waals surface area contributed by atoms with Crippen molar-refractivity contribution in [2.45, 2.75) is 48.7 Å². The number of aliphatic hydroxyl groups excluding tert-OH is 1. The topological polar surface area (TPSA) is 88.1 Å². The number of hydrogen-bond donors (Lipinski definition) is 2. The van der Waals surface area contributed by atoms with Crippen molar-refractivity contribution in [3.8, 4) is 17.2 Å². The Hall–Kier alpha value is -3.28. The van der Waals surface area contributed by atoms with Gasteiger partial charge in [0.25, 0.3) is 0 Å². The Morgan fingerprint density at radius 2 is 1.50 bits per heavy atom. The van der Waals surface area contributed by atoms with Gasteiger partial charge >= 0.3 is 6.36 Å². The fourth-order valence-electron chi connectivity index (χ4n) is 4.75. The van der Waals surface area contributed by atoms with Crippen molar-refractivity contribution in [3.63, 3.8) is 0 Å². The van der Waals surface area contributed by atoms with Crippen LogP contribution >= 0.6 is 0 Å². The standard InChI is InChI=1S/C25H23F3N2O5S/c26-25(27,28)35-16-12-14-17(15-13-16)36(32,33)29-18-6-5-9-21(24(18)31)30-19-7-1-3-10-22(19)34-23-11-4-2-8-20(23)30/h1-4,7-8,10-15,18,21,24,29,31H,5-6,9H2/t18-,21-,24+/m0/s1. The number of sulfonamides is 1. The van der Waals surface area contributed by atoms with Gasteiger partial charge in [-0.05, 0) is 67.8 Å². The molecule has 0 radical (unpaired) electrons. The van der Waals surface area contributed by atoms with Gasteiger partial charge in [-0.15, -0.1) is 13.2 Å². The zero-order chi connectivity index (χ0) is 25.5. The van der Waals surface area contributed by atoms with Crippen LogP contribution in [0.25, 0.3) is 0 Å². The highest BCUT2D eigenvalue weighted by Gasteiger charge is 2.41. The van der Waals surface area contributed by atoms with Crippen LogP contribution in [0.5, 0.6) is 17.2 Å². The third-order valence-electron chi connectivity index (χ3n) is 6.30. The largest absolute Gasteiger partial charge is 0.573 e. The van der Waals surface area contributed by atoms with Gasteiger partial charge < -0.3 is 19.5 Å². The first-order valence-electron chi connectivity index (χ1n) is 11.3. The molecular formula is C25H23F3N2O5S. The maximum Gasteiger partial charge on any atom is 0.573 e. The van der Waals surface area contributed by atoms with Crippen molar-refractivity contribution in [2.75, 3.05) is 4.90 Å².